The van der Waals surface area contributed by atoms with Gasteiger partial charge in [0.25, 0.3) is 0 Å². The highest BCUT2D eigenvalue weighted by molar-refractivity contribution is 5.82. The Bertz CT molecular complexity index is 711. The molecule has 2 atom stereocenters. The predicted molar refractivity (Wildman–Crippen MR) is 89.7 cm³/mol. The number of carbonyl (C=O) groups is 2. The van der Waals surface area contributed by atoms with Crippen molar-refractivity contribution in [2.75, 3.05) is 13.1 Å². The lowest BCUT2D eigenvalue weighted by atomic mass is 9.95. The van der Waals surface area contributed by atoms with Gasteiger partial charge in [0.2, 0.25) is 5.91 Å². The summed E-state index contributed by atoms with van der Waals surface area (Å²) in [6.07, 6.45) is -1.69. The van der Waals surface area contributed by atoms with Crippen molar-refractivity contribution in [1.82, 2.24) is 4.90 Å². The molecule has 8 heteroatoms. The van der Waals surface area contributed by atoms with Gasteiger partial charge in [-0.05, 0) is 50.3 Å². The maximum Gasteiger partial charge on any atom is 0.421 e. The number of piperidine rings is 1. The van der Waals surface area contributed by atoms with E-state index in [1.165, 1.54) is 12.1 Å². The van der Waals surface area contributed by atoms with E-state index >= 15 is 0 Å². The van der Waals surface area contributed by atoms with E-state index in [4.69, 9.17) is 4.74 Å². The van der Waals surface area contributed by atoms with Crippen molar-refractivity contribution in [1.29, 1.82) is 0 Å². The molecule has 1 saturated heterocycles. The molecule has 1 aromatic rings. The van der Waals surface area contributed by atoms with E-state index in [1.807, 2.05) is 0 Å². The summed E-state index contributed by atoms with van der Waals surface area (Å²) in [6, 6.07) is 4.62. The van der Waals surface area contributed by atoms with Gasteiger partial charge in [0.05, 0.1) is 5.92 Å². The fourth-order valence-electron chi connectivity index (χ4n) is 3.17. The van der Waals surface area contributed by atoms with Gasteiger partial charge in [0, 0.05) is 19.0 Å². The molecule has 1 amide bonds. The average Bonchev–Trinajstić information content (AvgIpc) is 3.46. The molecule has 1 saturated carbocycles. The van der Waals surface area contributed by atoms with Crippen molar-refractivity contribution in [3.8, 4) is 5.75 Å². The molecule has 1 aliphatic carbocycles. The Morgan fingerprint density at radius 3 is 2.30 bits per heavy atom. The Morgan fingerprint density at radius 2 is 1.74 bits per heavy atom. The van der Waals surface area contributed by atoms with Gasteiger partial charge >= 0.3 is 12.1 Å². The summed E-state index contributed by atoms with van der Waals surface area (Å²) in [5.41, 5.74) is -3.32. The van der Waals surface area contributed by atoms with Crippen LogP contribution >= 0.6 is 0 Å². The molecule has 1 N–H and O–H groups in total. The average molecular weight is 385 g/mol. The van der Waals surface area contributed by atoms with Gasteiger partial charge in [0.15, 0.2) is 5.60 Å². The summed E-state index contributed by atoms with van der Waals surface area (Å²) in [4.78, 5) is 26.2. The quantitative estimate of drug-likeness (QED) is 0.639. The topological polar surface area (TPSA) is 66.8 Å². The predicted octanol–water partition coefficient (Wildman–Crippen LogP) is 3.01. The molecular weight excluding hydrogens is 363 g/mol. The van der Waals surface area contributed by atoms with Gasteiger partial charge in [-0.2, -0.15) is 13.2 Å². The van der Waals surface area contributed by atoms with Crippen molar-refractivity contribution < 1.29 is 32.6 Å². The monoisotopic (exact) mass is 385 g/mol. The number of amides is 1. The minimum absolute atomic E-state index is 0.0891. The third-order valence-corrected chi connectivity index (χ3v) is 5.18. The van der Waals surface area contributed by atoms with Gasteiger partial charge < -0.3 is 14.7 Å². The van der Waals surface area contributed by atoms with Crippen LogP contribution in [-0.2, 0) is 15.2 Å². The van der Waals surface area contributed by atoms with Gasteiger partial charge in [-0.1, -0.05) is 12.1 Å². The summed E-state index contributed by atoms with van der Waals surface area (Å²) in [5.74, 6) is -0.662. The number of benzene rings is 1. The van der Waals surface area contributed by atoms with E-state index in [1.54, 1.807) is 4.90 Å². The SMILES string of the molecule is C[C@](O)(c1ccc(OC(=O)[C@@H]2CCCN(C(=O)C3CC3)C2)cc1)C(F)(F)F. The van der Waals surface area contributed by atoms with Crippen LogP contribution in [0.3, 0.4) is 0 Å². The lowest BCUT2D eigenvalue weighted by molar-refractivity contribution is -0.258. The summed E-state index contributed by atoms with van der Waals surface area (Å²) in [5, 5.41) is 9.66. The highest BCUT2D eigenvalue weighted by Gasteiger charge is 2.51. The number of rotatable bonds is 4. The van der Waals surface area contributed by atoms with Crippen molar-refractivity contribution in [2.45, 2.75) is 44.4 Å². The smallest absolute Gasteiger partial charge is 0.421 e. The molecule has 0 bridgehead atoms. The third-order valence-electron chi connectivity index (χ3n) is 5.18. The molecule has 0 radical (unpaired) electrons. The van der Waals surface area contributed by atoms with Crippen LogP contribution in [0.1, 0.15) is 38.2 Å². The van der Waals surface area contributed by atoms with Crippen molar-refractivity contribution in [2.24, 2.45) is 11.8 Å². The number of alkyl halides is 3. The first-order chi connectivity index (χ1) is 12.6. The Morgan fingerprint density at radius 1 is 1.11 bits per heavy atom. The number of esters is 1. The standard InChI is InChI=1S/C19H22F3NO4/c1-18(26,19(20,21)22)14-6-8-15(9-7-14)27-17(25)13-3-2-10-23(11-13)16(24)12-4-5-12/h6-9,12-13,26H,2-5,10-11H2,1H3/t13-,18+/m1/s1. The molecule has 1 heterocycles. The zero-order valence-electron chi connectivity index (χ0n) is 15.0. The molecule has 148 valence electrons. The number of carbonyl (C=O) groups excluding carboxylic acids is 2. The first kappa shape index (κ1) is 19.7. The van der Waals surface area contributed by atoms with Crippen LogP contribution < -0.4 is 4.74 Å². The Labute approximate surface area is 155 Å². The summed E-state index contributed by atoms with van der Waals surface area (Å²) in [6.45, 7) is 1.62. The third kappa shape index (κ3) is 4.26. The second-order valence-electron chi connectivity index (χ2n) is 7.41. The van der Waals surface area contributed by atoms with Gasteiger partial charge in [-0.15, -0.1) is 0 Å². The molecule has 27 heavy (non-hydrogen) atoms. The first-order valence-corrected chi connectivity index (χ1v) is 8.99. The summed E-state index contributed by atoms with van der Waals surface area (Å²) < 4.78 is 43.9. The zero-order valence-corrected chi connectivity index (χ0v) is 15.0. The van der Waals surface area contributed by atoms with Crippen LogP contribution in [0.25, 0.3) is 0 Å². The van der Waals surface area contributed by atoms with Crippen molar-refractivity contribution >= 4 is 11.9 Å². The van der Waals surface area contributed by atoms with Crippen LogP contribution in [0.2, 0.25) is 0 Å². The van der Waals surface area contributed by atoms with E-state index in [0.717, 1.165) is 25.0 Å². The minimum Gasteiger partial charge on any atom is -0.426 e. The Kier molecular flexibility index (Phi) is 5.20. The normalized spacial score (nSPS) is 22.9. The van der Waals surface area contributed by atoms with Crippen LogP contribution in [-0.4, -0.2) is 41.1 Å². The van der Waals surface area contributed by atoms with E-state index in [-0.39, 0.29) is 23.1 Å². The Balaban J connectivity index is 1.61. The fraction of sp³-hybridized carbons (Fsp3) is 0.579. The second-order valence-corrected chi connectivity index (χ2v) is 7.41. The molecule has 2 aliphatic rings. The largest absolute Gasteiger partial charge is 0.426 e. The molecule has 1 aliphatic heterocycles. The van der Waals surface area contributed by atoms with Crippen LogP contribution in [0.4, 0.5) is 13.2 Å². The van der Waals surface area contributed by atoms with Crippen molar-refractivity contribution in [3.63, 3.8) is 0 Å². The van der Waals surface area contributed by atoms with Crippen LogP contribution in [0.15, 0.2) is 24.3 Å². The molecule has 0 unspecified atom stereocenters. The summed E-state index contributed by atoms with van der Waals surface area (Å²) >= 11 is 0. The van der Waals surface area contributed by atoms with Crippen molar-refractivity contribution in [3.05, 3.63) is 29.8 Å². The number of aliphatic hydroxyl groups is 1. The first-order valence-electron chi connectivity index (χ1n) is 8.99. The number of halogens is 3. The zero-order chi connectivity index (χ0) is 19.8. The molecule has 0 spiro atoms. The molecule has 1 aromatic carbocycles. The van der Waals surface area contributed by atoms with E-state index < -0.39 is 23.7 Å². The molecule has 3 rings (SSSR count). The Hall–Kier alpha value is -2.09. The minimum atomic E-state index is -4.81. The van der Waals surface area contributed by atoms with E-state index in [0.29, 0.717) is 32.9 Å². The van der Waals surface area contributed by atoms with Crippen LogP contribution in [0.5, 0.6) is 5.75 Å². The van der Waals surface area contributed by atoms with Gasteiger partial charge in [0.1, 0.15) is 5.75 Å². The highest BCUT2D eigenvalue weighted by atomic mass is 19.4. The maximum atomic E-state index is 12.9. The fourth-order valence-corrected chi connectivity index (χ4v) is 3.17. The van der Waals surface area contributed by atoms with E-state index in [9.17, 15) is 27.9 Å². The summed E-state index contributed by atoms with van der Waals surface area (Å²) in [7, 11) is 0. The van der Waals surface area contributed by atoms with E-state index in [2.05, 4.69) is 0 Å². The van der Waals surface area contributed by atoms with Gasteiger partial charge in [-0.25, -0.2) is 0 Å². The number of likely N-dealkylation sites (tertiary alicyclic amines) is 1. The number of hydrogen-bond donors (Lipinski definition) is 1. The number of nitrogens with zero attached hydrogens (tertiary/aromatic N) is 1. The maximum absolute atomic E-state index is 12.9. The lowest BCUT2D eigenvalue weighted by Crippen LogP contribution is -2.44. The molecule has 2 fully saturated rings. The lowest BCUT2D eigenvalue weighted by Gasteiger charge is -2.31. The highest BCUT2D eigenvalue weighted by Crippen LogP contribution is 2.39. The van der Waals surface area contributed by atoms with Crippen LogP contribution in [0, 0.1) is 11.8 Å². The second kappa shape index (κ2) is 7.14. The molecular formula is C19H22F3NO4. The number of ether oxygens (including phenoxy) is 1. The number of hydrogen-bond acceptors (Lipinski definition) is 4. The van der Waals surface area contributed by atoms with Gasteiger partial charge in [-0.3, -0.25) is 9.59 Å². The molecule has 0 aromatic heterocycles. The molecule has 5 nitrogen and oxygen atoms in total.